The Morgan fingerprint density at radius 2 is 2.36 bits per heavy atom. The van der Waals surface area contributed by atoms with Crippen molar-refractivity contribution in [2.45, 2.75) is 6.92 Å². The molecule has 0 bridgehead atoms. The SMILES string of the molecule is C=C(OCC)c1ccc(C=O)c(Cl)c1. The van der Waals surface area contributed by atoms with Gasteiger partial charge in [0.1, 0.15) is 5.76 Å². The Labute approximate surface area is 88.1 Å². The minimum absolute atomic E-state index is 0.415. The van der Waals surface area contributed by atoms with E-state index in [1.165, 1.54) is 0 Å². The van der Waals surface area contributed by atoms with Crippen molar-refractivity contribution in [3.05, 3.63) is 40.9 Å². The van der Waals surface area contributed by atoms with Crippen molar-refractivity contribution in [1.82, 2.24) is 0 Å². The zero-order valence-electron chi connectivity index (χ0n) is 7.92. The van der Waals surface area contributed by atoms with Crippen molar-refractivity contribution >= 4 is 23.6 Å². The monoisotopic (exact) mass is 210 g/mol. The summed E-state index contributed by atoms with van der Waals surface area (Å²) in [4.78, 5) is 10.5. The maximum Gasteiger partial charge on any atom is 0.151 e. The lowest BCUT2D eigenvalue weighted by atomic mass is 10.1. The highest BCUT2D eigenvalue weighted by Gasteiger charge is 2.03. The van der Waals surface area contributed by atoms with Crippen LogP contribution in [0.5, 0.6) is 0 Å². The Morgan fingerprint density at radius 1 is 1.64 bits per heavy atom. The summed E-state index contributed by atoms with van der Waals surface area (Å²) >= 11 is 5.85. The molecule has 0 aliphatic heterocycles. The number of rotatable bonds is 4. The molecule has 0 aliphatic rings. The fourth-order valence-electron chi connectivity index (χ4n) is 1.05. The number of ether oxygens (including phenoxy) is 1. The minimum atomic E-state index is 0.415. The molecule has 0 aromatic heterocycles. The van der Waals surface area contributed by atoms with Crippen LogP contribution in [-0.4, -0.2) is 12.9 Å². The number of hydrogen-bond donors (Lipinski definition) is 0. The molecule has 0 fully saturated rings. The Bertz CT molecular complexity index is 358. The van der Waals surface area contributed by atoms with Crippen LogP contribution in [0.1, 0.15) is 22.8 Å². The van der Waals surface area contributed by atoms with Crippen molar-refractivity contribution in [3.63, 3.8) is 0 Å². The van der Waals surface area contributed by atoms with E-state index in [-0.39, 0.29) is 0 Å². The molecule has 1 rings (SSSR count). The molecule has 0 heterocycles. The van der Waals surface area contributed by atoms with Gasteiger partial charge in [-0.3, -0.25) is 4.79 Å². The molecular weight excluding hydrogens is 200 g/mol. The Hall–Kier alpha value is -1.28. The van der Waals surface area contributed by atoms with Gasteiger partial charge in [-0.25, -0.2) is 0 Å². The highest BCUT2D eigenvalue weighted by atomic mass is 35.5. The first-order valence-corrected chi connectivity index (χ1v) is 4.63. The molecule has 0 saturated heterocycles. The van der Waals surface area contributed by atoms with E-state index in [1.807, 2.05) is 6.92 Å². The second kappa shape index (κ2) is 4.82. The van der Waals surface area contributed by atoms with E-state index in [0.29, 0.717) is 23.0 Å². The van der Waals surface area contributed by atoms with Crippen LogP contribution in [0.4, 0.5) is 0 Å². The highest BCUT2D eigenvalue weighted by Crippen LogP contribution is 2.21. The summed E-state index contributed by atoms with van der Waals surface area (Å²) in [6.45, 7) is 6.19. The predicted octanol–water partition coefficient (Wildman–Crippen LogP) is 3.16. The molecule has 0 radical (unpaired) electrons. The van der Waals surface area contributed by atoms with E-state index in [2.05, 4.69) is 6.58 Å². The molecule has 1 aromatic carbocycles. The maximum atomic E-state index is 10.5. The van der Waals surface area contributed by atoms with Gasteiger partial charge in [-0.1, -0.05) is 24.2 Å². The zero-order chi connectivity index (χ0) is 10.6. The van der Waals surface area contributed by atoms with Crippen LogP contribution >= 0.6 is 11.6 Å². The normalized spacial score (nSPS) is 9.57. The maximum absolute atomic E-state index is 10.5. The van der Waals surface area contributed by atoms with Crippen molar-refractivity contribution in [2.24, 2.45) is 0 Å². The molecular formula is C11H11ClO2. The molecule has 0 saturated carbocycles. The number of carbonyl (C=O) groups is 1. The zero-order valence-corrected chi connectivity index (χ0v) is 8.67. The van der Waals surface area contributed by atoms with Crippen LogP contribution in [0.25, 0.3) is 5.76 Å². The van der Waals surface area contributed by atoms with Crippen LogP contribution in [0.2, 0.25) is 5.02 Å². The van der Waals surface area contributed by atoms with Crippen molar-refractivity contribution in [3.8, 4) is 0 Å². The average Bonchev–Trinajstić information content (AvgIpc) is 2.18. The molecule has 0 atom stereocenters. The summed E-state index contributed by atoms with van der Waals surface area (Å²) in [6, 6.07) is 5.08. The van der Waals surface area contributed by atoms with Gasteiger partial charge in [-0.05, 0) is 19.1 Å². The van der Waals surface area contributed by atoms with E-state index < -0.39 is 0 Å². The Morgan fingerprint density at radius 3 is 2.86 bits per heavy atom. The van der Waals surface area contributed by atoms with Crippen molar-refractivity contribution < 1.29 is 9.53 Å². The van der Waals surface area contributed by atoms with Crippen LogP contribution in [-0.2, 0) is 4.74 Å². The van der Waals surface area contributed by atoms with Crippen LogP contribution in [0.15, 0.2) is 24.8 Å². The van der Waals surface area contributed by atoms with Gasteiger partial charge in [-0.2, -0.15) is 0 Å². The van der Waals surface area contributed by atoms with Gasteiger partial charge < -0.3 is 4.74 Å². The second-order valence-corrected chi connectivity index (χ2v) is 3.12. The molecule has 1 aromatic rings. The number of benzene rings is 1. The van der Waals surface area contributed by atoms with E-state index in [4.69, 9.17) is 16.3 Å². The van der Waals surface area contributed by atoms with E-state index in [0.717, 1.165) is 11.8 Å². The van der Waals surface area contributed by atoms with Gasteiger partial charge in [0.15, 0.2) is 6.29 Å². The molecule has 2 nitrogen and oxygen atoms in total. The van der Waals surface area contributed by atoms with Crippen LogP contribution in [0.3, 0.4) is 0 Å². The summed E-state index contributed by atoms with van der Waals surface area (Å²) in [5.74, 6) is 0.562. The molecule has 74 valence electrons. The summed E-state index contributed by atoms with van der Waals surface area (Å²) in [5.41, 5.74) is 1.27. The van der Waals surface area contributed by atoms with Gasteiger partial charge in [0.05, 0.1) is 11.6 Å². The van der Waals surface area contributed by atoms with Gasteiger partial charge in [0.25, 0.3) is 0 Å². The summed E-state index contributed by atoms with van der Waals surface area (Å²) in [5, 5.41) is 0.415. The third-order valence-corrected chi connectivity index (χ3v) is 2.10. The van der Waals surface area contributed by atoms with E-state index in [9.17, 15) is 4.79 Å². The van der Waals surface area contributed by atoms with Gasteiger partial charge in [0.2, 0.25) is 0 Å². The first kappa shape index (κ1) is 10.8. The molecule has 0 aliphatic carbocycles. The molecule has 14 heavy (non-hydrogen) atoms. The first-order valence-electron chi connectivity index (χ1n) is 4.25. The number of aldehydes is 1. The third kappa shape index (κ3) is 2.36. The lowest BCUT2D eigenvalue weighted by molar-refractivity contribution is 0.112. The molecule has 0 spiro atoms. The smallest absolute Gasteiger partial charge is 0.151 e. The Kier molecular flexibility index (Phi) is 3.72. The van der Waals surface area contributed by atoms with Crippen molar-refractivity contribution in [1.29, 1.82) is 0 Å². The molecule has 0 unspecified atom stereocenters. The summed E-state index contributed by atoms with van der Waals surface area (Å²) < 4.78 is 5.21. The van der Waals surface area contributed by atoms with Crippen LogP contribution < -0.4 is 0 Å². The predicted molar refractivity (Wildman–Crippen MR) is 57.5 cm³/mol. The lowest BCUT2D eigenvalue weighted by Crippen LogP contribution is -1.91. The average molecular weight is 211 g/mol. The fourth-order valence-corrected chi connectivity index (χ4v) is 1.28. The van der Waals surface area contributed by atoms with E-state index in [1.54, 1.807) is 18.2 Å². The lowest BCUT2D eigenvalue weighted by Gasteiger charge is -2.07. The molecule has 0 amide bonds. The van der Waals surface area contributed by atoms with Crippen LogP contribution in [0, 0.1) is 0 Å². The highest BCUT2D eigenvalue weighted by molar-refractivity contribution is 6.33. The minimum Gasteiger partial charge on any atom is -0.494 e. The summed E-state index contributed by atoms with van der Waals surface area (Å²) in [7, 11) is 0. The topological polar surface area (TPSA) is 26.3 Å². The first-order chi connectivity index (χ1) is 6.69. The van der Waals surface area contributed by atoms with E-state index >= 15 is 0 Å². The number of hydrogen-bond acceptors (Lipinski definition) is 2. The third-order valence-electron chi connectivity index (χ3n) is 1.77. The molecule has 3 heteroatoms. The summed E-state index contributed by atoms with van der Waals surface area (Å²) in [6.07, 6.45) is 0.718. The largest absolute Gasteiger partial charge is 0.494 e. The van der Waals surface area contributed by atoms with Crippen molar-refractivity contribution in [2.75, 3.05) is 6.61 Å². The number of carbonyl (C=O) groups excluding carboxylic acids is 1. The fraction of sp³-hybridized carbons (Fsp3) is 0.182. The van der Waals surface area contributed by atoms with Gasteiger partial charge >= 0.3 is 0 Å². The quantitative estimate of drug-likeness (QED) is 0.564. The van der Waals surface area contributed by atoms with Gasteiger partial charge in [-0.15, -0.1) is 0 Å². The number of halogens is 1. The van der Waals surface area contributed by atoms with Gasteiger partial charge in [0, 0.05) is 11.1 Å². The second-order valence-electron chi connectivity index (χ2n) is 2.71. The standard InChI is InChI=1S/C11H11ClO2/c1-3-14-8(2)9-4-5-10(7-13)11(12)6-9/h4-7H,2-3H2,1H3. The molecule has 0 N–H and O–H groups in total. The Balaban J connectivity index is 2.96.